The molecule has 0 heterocycles. The van der Waals surface area contributed by atoms with Crippen molar-refractivity contribution in [2.75, 3.05) is 0 Å². The van der Waals surface area contributed by atoms with Gasteiger partial charge in [0.2, 0.25) is 0 Å². The van der Waals surface area contributed by atoms with Gasteiger partial charge in [-0.3, -0.25) is 0 Å². The molecule has 3 heteroatoms. The van der Waals surface area contributed by atoms with Crippen molar-refractivity contribution in [2.45, 2.75) is 37.8 Å². The first-order chi connectivity index (χ1) is 16.5. The fourth-order valence-electron chi connectivity index (χ4n) is 4.70. The second-order valence-corrected chi connectivity index (χ2v) is 9.36. The van der Waals surface area contributed by atoms with Crippen LogP contribution in [0.4, 0.5) is 0 Å². The Labute approximate surface area is 208 Å². The zero-order chi connectivity index (χ0) is 23.9. The maximum atomic E-state index is 7.03. The van der Waals surface area contributed by atoms with E-state index in [4.69, 9.17) is 23.1 Å². The first-order valence-electron chi connectivity index (χ1n) is 11.8. The molecule has 0 saturated heterocycles. The second kappa shape index (κ2) is 11.5. The van der Waals surface area contributed by atoms with Crippen LogP contribution in [0.5, 0.6) is 0 Å². The van der Waals surface area contributed by atoms with Gasteiger partial charge in [0.15, 0.2) is 0 Å². The molecule has 0 saturated carbocycles. The number of hydrogen-bond donors (Lipinski definition) is 2. The third kappa shape index (κ3) is 5.95. The molecule has 173 valence electrons. The molecule has 3 atom stereocenters. The Bertz CT molecular complexity index is 1180. The summed E-state index contributed by atoms with van der Waals surface area (Å²) in [4.78, 5) is 0. The van der Waals surface area contributed by atoms with Gasteiger partial charge in [-0.1, -0.05) is 114 Å². The molecule has 4 aromatic carbocycles. The van der Waals surface area contributed by atoms with E-state index in [1.807, 2.05) is 54.6 Å². The quantitative estimate of drug-likeness (QED) is 0.267. The summed E-state index contributed by atoms with van der Waals surface area (Å²) < 4.78 is 0. The smallest absolute Gasteiger partial charge is 0.0408 e. The van der Waals surface area contributed by atoms with Crippen molar-refractivity contribution in [3.8, 4) is 0 Å². The van der Waals surface area contributed by atoms with E-state index >= 15 is 0 Å². The molecule has 0 spiro atoms. The van der Waals surface area contributed by atoms with E-state index in [1.54, 1.807) is 0 Å². The van der Waals surface area contributed by atoms with E-state index in [9.17, 15) is 0 Å². The van der Waals surface area contributed by atoms with Gasteiger partial charge >= 0.3 is 0 Å². The van der Waals surface area contributed by atoms with Crippen molar-refractivity contribution in [1.29, 1.82) is 0 Å². The van der Waals surface area contributed by atoms with Crippen LogP contribution in [0, 0.1) is 12.8 Å². The lowest BCUT2D eigenvalue weighted by atomic mass is 9.72. The third-order valence-electron chi connectivity index (χ3n) is 6.47. The molecule has 4 rings (SSSR count). The lowest BCUT2D eigenvalue weighted by Crippen LogP contribution is -2.27. The van der Waals surface area contributed by atoms with Crippen molar-refractivity contribution in [1.82, 2.24) is 0 Å². The molecular formula is C31H32ClN2. The van der Waals surface area contributed by atoms with Crippen LogP contribution >= 0.6 is 11.6 Å². The van der Waals surface area contributed by atoms with E-state index in [0.717, 1.165) is 34.6 Å². The Morgan fingerprint density at radius 2 is 1.32 bits per heavy atom. The third-order valence-corrected chi connectivity index (χ3v) is 6.70. The van der Waals surface area contributed by atoms with Crippen LogP contribution in [0.15, 0.2) is 109 Å². The predicted molar refractivity (Wildman–Crippen MR) is 144 cm³/mol. The summed E-state index contributed by atoms with van der Waals surface area (Å²) in [5, 5.41) is 0.721. The van der Waals surface area contributed by atoms with Gasteiger partial charge in [0.1, 0.15) is 0 Å². The first kappa shape index (κ1) is 24.2. The number of nitrogens with two attached hydrogens (primary N) is 2. The number of rotatable bonds is 9. The predicted octanol–water partition coefficient (Wildman–Crippen LogP) is 7.54. The summed E-state index contributed by atoms with van der Waals surface area (Å²) >= 11 is 6.45. The molecule has 0 fully saturated rings. The van der Waals surface area contributed by atoms with Crippen LogP contribution in [-0.2, 0) is 0 Å². The molecule has 0 aromatic heterocycles. The summed E-state index contributed by atoms with van der Waals surface area (Å²) in [6, 6.07) is 37.1. The minimum absolute atomic E-state index is 0.0104. The Morgan fingerprint density at radius 3 is 1.97 bits per heavy atom. The van der Waals surface area contributed by atoms with Crippen molar-refractivity contribution in [3.05, 3.63) is 148 Å². The minimum atomic E-state index is -0.204. The zero-order valence-corrected chi connectivity index (χ0v) is 20.3. The lowest BCUT2D eigenvalue weighted by Gasteiger charge is -2.33. The second-order valence-electron chi connectivity index (χ2n) is 8.92. The summed E-state index contributed by atoms with van der Waals surface area (Å²) in [6.45, 7) is 2.12. The van der Waals surface area contributed by atoms with Crippen molar-refractivity contribution < 1.29 is 0 Å². The SMILES string of the molecule is Cc1cccc(C([C](CCC(N)c2ccccc2)c2cccc(Cl)c2)C(N)c2ccccc2)c1. The fraction of sp³-hybridized carbons (Fsp3) is 0.194. The Balaban J connectivity index is 1.75. The van der Waals surface area contributed by atoms with E-state index in [-0.39, 0.29) is 18.0 Å². The van der Waals surface area contributed by atoms with Crippen molar-refractivity contribution >= 4 is 11.6 Å². The van der Waals surface area contributed by atoms with Crippen LogP contribution < -0.4 is 11.5 Å². The van der Waals surface area contributed by atoms with Gasteiger partial charge in [0, 0.05) is 28.9 Å². The van der Waals surface area contributed by atoms with Crippen LogP contribution in [0.2, 0.25) is 5.02 Å². The van der Waals surface area contributed by atoms with Crippen LogP contribution in [-0.4, -0.2) is 0 Å². The summed E-state index contributed by atoms with van der Waals surface area (Å²) in [5.74, 6) is 1.25. The van der Waals surface area contributed by atoms with Gasteiger partial charge in [-0.2, -0.15) is 0 Å². The fourth-order valence-corrected chi connectivity index (χ4v) is 4.89. The summed E-state index contributed by atoms with van der Waals surface area (Å²) in [7, 11) is 0. The highest BCUT2D eigenvalue weighted by Crippen LogP contribution is 2.44. The monoisotopic (exact) mass is 467 g/mol. The molecule has 1 radical (unpaired) electrons. The molecule has 0 aliphatic rings. The highest BCUT2D eigenvalue weighted by molar-refractivity contribution is 6.30. The van der Waals surface area contributed by atoms with Crippen LogP contribution in [0.25, 0.3) is 0 Å². The Kier molecular flexibility index (Phi) is 8.18. The molecule has 0 aliphatic heterocycles. The van der Waals surface area contributed by atoms with Crippen molar-refractivity contribution in [2.24, 2.45) is 11.5 Å². The minimum Gasteiger partial charge on any atom is -0.324 e. The molecule has 4 aromatic rings. The van der Waals surface area contributed by atoms with E-state index in [0.29, 0.717) is 0 Å². The van der Waals surface area contributed by atoms with Crippen LogP contribution in [0.1, 0.15) is 58.7 Å². The average Bonchev–Trinajstić information content (AvgIpc) is 2.87. The van der Waals surface area contributed by atoms with Gasteiger partial charge in [-0.15, -0.1) is 0 Å². The molecule has 0 aliphatic carbocycles. The van der Waals surface area contributed by atoms with Gasteiger partial charge in [-0.05, 0) is 54.2 Å². The lowest BCUT2D eigenvalue weighted by molar-refractivity contribution is 0.520. The Morgan fingerprint density at radius 1 is 0.706 bits per heavy atom. The largest absolute Gasteiger partial charge is 0.324 e. The maximum Gasteiger partial charge on any atom is 0.0408 e. The van der Waals surface area contributed by atoms with E-state index in [1.165, 1.54) is 17.0 Å². The highest BCUT2D eigenvalue weighted by Gasteiger charge is 2.32. The standard InChI is InChI=1S/C31H32ClN2/c1-22-10-8-16-26(20-22)30(31(34)24-13-6-3-7-14-24)28(25-15-9-17-27(32)21-25)18-19-29(33)23-11-4-2-5-12-23/h2-17,20-21,29-31H,18-19,33-34H2,1H3. The molecule has 34 heavy (non-hydrogen) atoms. The summed E-state index contributed by atoms with van der Waals surface area (Å²) in [5.41, 5.74) is 19.5. The average molecular weight is 468 g/mol. The normalized spacial score (nSPS) is 14.0. The van der Waals surface area contributed by atoms with Gasteiger partial charge in [0.05, 0.1) is 0 Å². The topological polar surface area (TPSA) is 52.0 Å². The molecule has 3 unspecified atom stereocenters. The van der Waals surface area contributed by atoms with Gasteiger partial charge in [-0.25, -0.2) is 0 Å². The molecular weight excluding hydrogens is 436 g/mol. The molecule has 4 N–H and O–H groups in total. The number of aryl methyl sites for hydroxylation is 1. The Hall–Kier alpha value is -2.91. The molecule has 2 nitrogen and oxygen atoms in total. The van der Waals surface area contributed by atoms with Gasteiger partial charge in [0.25, 0.3) is 0 Å². The summed E-state index contributed by atoms with van der Waals surface area (Å²) in [6.07, 6.45) is 1.63. The zero-order valence-electron chi connectivity index (χ0n) is 19.6. The first-order valence-corrected chi connectivity index (χ1v) is 12.2. The van der Waals surface area contributed by atoms with Crippen molar-refractivity contribution in [3.63, 3.8) is 0 Å². The van der Waals surface area contributed by atoms with Gasteiger partial charge < -0.3 is 11.5 Å². The highest BCUT2D eigenvalue weighted by atomic mass is 35.5. The number of halogens is 1. The number of benzene rings is 4. The van der Waals surface area contributed by atoms with E-state index < -0.39 is 0 Å². The maximum absolute atomic E-state index is 7.03. The molecule has 0 bridgehead atoms. The number of hydrogen-bond acceptors (Lipinski definition) is 2. The van der Waals surface area contributed by atoms with E-state index in [2.05, 4.69) is 61.5 Å². The van der Waals surface area contributed by atoms with Crippen LogP contribution in [0.3, 0.4) is 0 Å². The molecule has 0 amide bonds.